The molecule has 0 aliphatic carbocycles. The maximum atomic E-state index is 6.27. The van der Waals surface area contributed by atoms with E-state index in [0.29, 0.717) is 0 Å². The minimum Gasteiger partial charge on any atom is -0.497 e. The first-order chi connectivity index (χ1) is 9.63. The first kappa shape index (κ1) is 14.9. The molecule has 0 radical (unpaired) electrons. The number of hydrogen-bond acceptors (Lipinski definition) is 3. The van der Waals surface area contributed by atoms with E-state index in [-0.39, 0.29) is 6.04 Å². The van der Waals surface area contributed by atoms with E-state index < -0.39 is 0 Å². The molecule has 0 saturated heterocycles. The summed E-state index contributed by atoms with van der Waals surface area (Å²) in [6, 6.07) is 13.9. The van der Waals surface area contributed by atoms with Crippen LogP contribution in [0.1, 0.15) is 17.2 Å². The first-order valence-electron chi connectivity index (χ1n) is 6.36. The topological polar surface area (TPSA) is 44.5 Å². The van der Waals surface area contributed by atoms with Crippen molar-refractivity contribution in [3.63, 3.8) is 0 Å². The molecule has 106 valence electrons. The maximum absolute atomic E-state index is 6.27. The van der Waals surface area contributed by atoms with Crippen LogP contribution in [0.25, 0.3) is 0 Å². The van der Waals surface area contributed by atoms with Crippen LogP contribution in [0.5, 0.6) is 11.5 Å². The highest BCUT2D eigenvalue weighted by Crippen LogP contribution is 2.28. The van der Waals surface area contributed by atoms with E-state index in [9.17, 15) is 0 Å². The molecule has 0 fully saturated rings. The smallest absolute Gasteiger partial charge is 0.133 e. The zero-order chi connectivity index (χ0) is 14.5. The molecule has 1 unspecified atom stereocenters. The molecule has 0 saturated carbocycles. The molecule has 0 spiro atoms. The Morgan fingerprint density at radius 2 is 1.75 bits per heavy atom. The summed E-state index contributed by atoms with van der Waals surface area (Å²) in [5.41, 5.74) is 8.53. The summed E-state index contributed by atoms with van der Waals surface area (Å²) >= 11 is 3.48. The summed E-state index contributed by atoms with van der Waals surface area (Å²) in [5.74, 6) is 1.67. The zero-order valence-corrected chi connectivity index (χ0v) is 13.2. The third-order valence-corrected chi connectivity index (χ3v) is 3.84. The molecule has 2 aromatic carbocycles. The first-order valence-corrected chi connectivity index (χ1v) is 7.15. The molecule has 0 aliphatic heterocycles. The van der Waals surface area contributed by atoms with Crippen molar-refractivity contribution in [3.8, 4) is 11.5 Å². The van der Waals surface area contributed by atoms with Crippen molar-refractivity contribution < 1.29 is 9.47 Å². The highest BCUT2D eigenvalue weighted by molar-refractivity contribution is 9.10. The molecule has 2 rings (SSSR count). The van der Waals surface area contributed by atoms with E-state index in [0.717, 1.165) is 28.0 Å². The standard InChI is InChI=1S/C16H18BrNO2/c1-19-13-6-3-11(4-7-13)9-15(18)12-5-8-16(20-2)14(17)10-12/h3-8,10,15H,9,18H2,1-2H3. The molecular formula is C16H18BrNO2. The van der Waals surface area contributed by atoms with E-state index >= 15 is 0 Å². The van der Waals surface area contributed by atoms with Crippen molar-refractivity contribution in [1.82, 2.24) is 0 Å². The lowest BCUT2D eigenvalue weighted by atomic mass is 9.99. The fraction of sp³-hybridized carbons (Fsp3) is 0.250. The maximum Gasteiger partial charge on any atom is 0.133 e. The van der Waals surface area contributed by atoms with Crippen LogP contribution < -0.4 is 15.2 Å². The van der Waals surface area contributed by atoms with Crippen LogP contribution in [0.3, 0.4) is 0 Å². The molecule has 0 bridgehead atoms. The van der Waals surface area contributed by atoms with Crippen molar-refractivity contribution in [2.75, 3.05) is 14.2 Å². The molecule has 0 amide bonds. The monoisotopic (exact) mass is 335 g/mol. The highest BCUT2D eigenvalue weighted by atomic mass is 79.9. The SMILES string of the molecule is COc1ccc(CC(N)c2ccc(OC)c(Br)c2)cc1. The summed E-state index contributed by atoms with van der Waals surface area (Å²) in [5, 5.41) is 0. The predicted octanol–water partition coefficient (Wildman–Crippen LogP) is 3.71. The second kappa shape index (κ2) is 6.77. The lowest BCUT2D eigenvalue weighted by Gasteiger charge is -2.14. The summed E-state index contributed by atoms with van der Waals surface area (Å²) in [6.45, 7) is 0. The Morgan fingerprint density at radius 1 is 1.05 bits per heavy atom. The van der Waals surface area contributed by atoms with Gasteiger partial charge in [0, 0.05) is 6.04 Å². The Labute approximate surface area is 127 Å². The molecule has 3 nitrogen and oxygen atoms in total. The molecular weight excluding hydrogens is 318 g/mol. The van der Waals surface area contributed by atoms with E-state index in [1.807, 2.05) is 42.5 Å². The predicted molar refractivity (Wildman–Crippen MR) is 84.3 cm³/mol. The average Bonchev–Trinajstić information content (AvgIpc) is 2.48. The molecule has 0 aromatic heterocycles. The Morgan fingerprint density at radius 3 is 2.30 bits per heavy atom. The summed E-state index contributed by atoms with van der Waals surface area (Å²) in [4.78, 5) is 0. The van der Waals surface area contributed by atoms with Crippen LogP contribution in [-0.2, 0) is 6.42 Å². The van der Waals surface area contributed by atoms with Gasteiger partial charge in [-0.3, -0.25) is 0 Å². The van der Waals surface area contributed by atoms with Crippen molar-refractivity contribution in [2.45, 2.75) is 12.5 Å². The lowest BCUT2D eigenvalue weighted by Crippen LogP contribution is -2.13. The van der Waals surface area contributed by atoms with Crippen molar-refractivity contribution in [3.05, 3.63) is 58.1 Å². The van der Waals surface area contributed by atoms with Gasteiger partial charge in [0.05, 0.1) is 18.7 Å². The second-order valence-corrected chi connectivity index (χ2v) is 5.41. The van der Waals surface area contributed by atoms with E-state index in [4.69, 9.17) is 15.2 Å². The fourth-order valence-electron chi connectivity index (χ4n) is 2.05. The Hall–Kier alpha value is -1.52. The number of rotatable bonds is 5. The van der Waals surface area contributed by atoms with Gasteiger partial charge in [-0.1, -0.05) is 18.2 Å². The van der Waals surface area contributed by atoms with Gasteiger partial charge in [0.2, 0.25) is 0 Å². The van der Waals surface area contributed by atoms with E-state index in [1.54, 1.807) is 14.2 Å². The Balaban J connectivity index is 2.10. The van der Waals surface area contributed by atoms with Gasteiger partial charge in [0.1, 0.15) is 11.5 Å². The number of benzene rings is 2. The number of halogens is 1. The van der Waals surface area contributed by atoms with Gasteiger partial charge in [-0.25, -0.2) is 0 Å². The molecule has 4 heteroatoms. The van der Waals surface area contributed by atoms with Crippen LogP contribution in [0, 0.1) is 0 Å². The van der Waals surface area contributed by atoms with Crippen LogP contribution in [0.4, 0.5) is 0 Å². The van der Waals surface area contributed by atoms with Gasteiger partial charge in [0.15, 0.2) is 0 Å². The number of hydrogen-bond donors (Lipinski definition) is 1. The van der Waals surface area contributed by atoms with E-state index in [2.05, 4.69) is 15.9 Å². The molecule has 2 N–H and O–H groups in total. The van der Waals surface area contributed by atoms with Gasteiger partial charge in [-0.15, -0.1) is 0 Å². The molecule has 2 aromatic rings. The average molecular weight is 336 g/mol. The minimum absolute atomic E-state index is 0.0504. The molecule has 0 heterocycles. The van der Waals surface area contributed by atoms with Crippen molar-refractivity contribution in [2.24, 2.45) is 5.73 Å². The third-order valence-electron chi connectivity index (χ3n) is 3.22. The van der Waals surface area contributed by atoms with E-state index in [1.165, 1.54) is 5.56 Å². The van der Waals surface area contributed by atoms with Gasteiger partial charge >= 0.3 is 0 Å². The Bertz CT molecular complexity index is 569. The summed E-state index contributed by atoms with van der Waals surface area (Å²) < 4.78 is 11.3. The van der Waals surface area contributed by atoms with Gasteiger partial charge < -0.3 is 15.2 Å². The van der Waals surface area contributed by atoms with Gasteiger partial charge in [0.25, 0.3) is 0 Å². The summed E-state index contributed by atoms with van der Waals surface area (Å²) in [6.07, 6.45) is 0.781. The second-order valence-electron chi connectivity index (χ2n) is 4.55. The van der Waals surface area contributed by atoms with Gasteiger partial charge in [-0.05, 0) is 57.7 Å². The van der Waals surface area contributed by atoms with Crippen molar-refractivity contribution in [1.29, 1.82) is 0 Å². The Kier molecular flexibility index (Phi) is 5.04. The van der Waals surface area contributed by atoms with Crippen molar-refractivity contribution >= 4 is 15.9 Å². The lowest BCUT2D eigenvalue weighted by molar-refractivity contribution is 0.412. The van der Waals surface area contributed by atoms with Crippen LogP contribution in [-0.4, -0.2) is 14.2 Å². The van der Waals surface area contributed by atoms with Crippen LogP contribution in [0.15, 0.2) is 46.9 Å². The normalized spacial score (nSPS) is 12.0. The largest absolute Gasteiger partial charge is 0.497 e. The quantitative estimate of drug-likeness (QED) is 0.905. The summed E-state index contributed by atoms with van der Waals surface area (Å²) in [7, 11) is 3.31. The number of methoxy groups -OCH3 is 2. The molecule has 20 heavy (non-hydrogen) atoms. The molecule has 1 atom stereocenters. The fourth-order valence-corrected chi connectivity index (χ4v) is 2.61. The molecule has 0 aliphatic rings. The third kappa shape index (κ3) is 3.52. The van der Waals surface area contributed by atoms with Crippen LogP contribution in [0.2, 0.25) is 0 Å². The minimum atomic E-state index is -0.0504. The number of ether oxygens (including phenoxy) is 2. The zero-order valence-electron chi connectivity index (χ0n) is 11.6. The highest BCUT2D eigenvalue weighted by Gasteiger charge is 2.10. The van der Waals surface area contributed by atoms with Crippen LogP contribution >= 0.6 is 15.9 Å². The number of nitrogens with two attached hydrogens (primary N) is 1. The van der Waals surface area contributed by atoms with Gasteiger partial charge in [-0.2, -0.15) is 0 Å².